The van der Waals surface area contributed by atoms with Crippen LogP contribution in [0.3, 0.4) is 0 Å². The molecule has 1 aliphatic rings. The third-order valence-corrected chi connectivity index (χ3v) is 1.86. The lowest BCUT2D eigenvalue weighted by Crippen LogP contribution is -1.97. The summed E-state index contributed by atoms with van der Waals surface area (Å²) in [7, 11) is 0. The summed E-state index contributed by atoms with van der Waals surface area (Å²) in [5.74, 6) is -0.519. The van der Waals surface area contributed by atoms with E-state index in [9.17, 15) is 4.39 Å². The van der Waals surface area contributed by atoms with Crippen LogP contribution in [-0.4, -0.2) is 15.2 Å². The first-order valence-corrected chi connectivity index (χ1v) is 3.24. The van der Waals surface area contributed by atoms with Gasteiger partial charge in [0.2, 0.25) is 5.95 Å². The van der Waals surface area contributed by atoms with Crippen LogP contribution in [0.4, 0.5) is 4.39 Å². The summed E-state index contributed by atoms with van der Waals surface area (Å²) in [6.07, 6.45) is 2.37. The summed E-state index contributed by atoms with van der Waals surface area (Å²) in [6.45, 7) is 0. The molecule has 10 heavy (non-hydrogen) atoms. The standard InChI is InChI=1S/C6H7FN2O/c7-6-4-2-1-3-5(4)9(10)8-6/h10H,1-3H2. The fraction of sp³-hybridized carbons (Fsp3) is 0.500. The summed E-state index contributed by atoms with van der Waals surface area (Å²) in [5.41, 5.74) is 1.22. The number of nitrogens with zero attached hydrogens (tertiary/aromatic N) is 2. The van der Waals surface area contributed by atoms with Crippen LogP contribution in [0.1, 0.15) is 17.7 Å². The molecule has 0 unspecified atom stereocenters. The van der Waals surface area contributed by atoms with Gasteiger partial charge < -0.3 is 5.21 Å². The van der Waals surface area contributed by atoms with Gasteiger partial charge in [0.1, 0.15) is 0 Å². The Kier molecular flexibility index (Phi) is 0.977. The van der Waals surface area contributed by atoms with Crippen molar-refractivity contribution in [2.24, 2.45) is 0 Å². The minimum Gasteiger partial charge on any atom is -0.411 e. The Morgan fingerprint density at radius 2 is 2.30 bits per heavy atom. The third kappa shape index (κ3) is 0.558. The second-order valence-corrected chi connectivity index (χ2v) is 2.46. The predicted octanol–water partition coefficient (Wildman–Crippen LogP) is 0.748. The monoisotopic (exact) mass is 142 g/mol. The predicted molar refractivity (Wildman–Crippen MR) is 31.4 cm³/mol. The molecule has 1 N–H and O–H groups in total. The van der Waals surface area contributed by atoms with Crippen molar-refractivity contribution >= 4 is 0 Å². The Labute approximate surface area is 57.0 Å². The molecule has 1 heterocycles. The van der Waals surface area contributed by atoms with Gasteiger partial charge in [0, 0.05) is 5.56 Å². The van der Waals surface area contributed by atoms with Gasteiger partial charge in [-0.25, -0.2) is 0 Å². The van der Waals surface area contributed by atoms with Gasteiger partial charge in [-0.2, -0.15) is 4.39 Å². The molecule has 1 aromatic rings. The Bertz CT molecular complexity index is 244. The summed E-state index contributed by atoms with van der Waals surface area (Å²) < 4.78 is 12.6. The molecule has 0 aromatic carbocycles. The molecule has 0 atom stereocenters. The van der Waals surface area contributed by atoms with Crippen molar-refractivity contribution in [1.29, 1.82) is 0 Å². The van der Waals surface area contributed by atoms with Gasteiger partial charge in [0.25, 0.3) is 0 Å². The van der Waals surface area contributed by atoms with E-state index < -0.39 is 5.95 Å². The first-order valence-electron chi connectivity index (χ1n) is 3.24. The van der Waals surface area contributed by atoms with Gasteiger partial charge in [-0.15, -0.1) is 9.94 Å². The Morgan fingerprint density at radius 3 is 3.00 bits per heavy atom. The second-order valence-electron chi connectivity index (χ2n) is 2.46. The number of halogens is 1. The van der Waals surface area contributed by atoms with Gasteiger partial charge in [0.05, 0.1) is 5.69 Å². The van der Waals surface area contributed by atoms with Gasteiger partial charge in [-0.05, 0) is 19.3 Å². The van der Waals surface area contributed by atoms with Crippen LogP contribution in [0, 0.1) is 5.95 Å². The molecular weight excluding hydrogens is 135 g/mol. The molecule has 3 nitrogen and oxygen atoms in total. The van der Waals surface area contributed by atoms with Crippen LogP contribution in [0.25, 0.3) is 0 Å². The maximum atomic E-state index is 12.6. The van der Waals surface area contributed by atoms with E-state index in [1.807, 2.05) is 0 Å². The fourth-order valence-electron chi connectivity index (χ4n) is 1.37. The molecule has 0 saturated heterocycles. The lowest BCUT2D eigenvalue weighted by molar-refractivity contribution is 0.135. The van der Waals surface area contributed by atoms with E-state index in [1.54, 1.807) is 0 Å². The SMILES string of the molecule is On1nc(F)c2c1CCC2. The fourth-order valence-corrected chi connectivity index (χ4v) is 1.37. The zero-order chi connectivity index (χ0) is 7.14. The van der Waals surface area contributed by atoms with E-state index in [-0.39, 0.29) is 0 Å². The van der Waals surface area contributed by atoms with Gasteiger partial charge in [-0.3, -0.25) is 0 Å². The first-order chi connectivity index (χ1) is 4.79. The normalized spacial score (nSPS) is 15.7. The second kappa shape index (κ2) is 1.71. The van der Waals surface area contributed by atoms with Crippen LogP contribution in [-0.2, 0) is 12.8 Å². The molecular formula is C6H7FN2O. The maximum Gasteiger partial charge on any atom is 0.239 e. The average molecular weight is 142 g/mol. The van der Waals surface area contributed by atoms with E-state index in [1.165, 1.54) is 0 Å². The van der Waals surface area contributed by atoms with Crippen molar-refractivity contribution in [3.05, 3.63) is 17.2 Å². The van der Waals surface area contributed by atoms with Crippen LogP contribution in [0.15, 0.2) is 0 Å². The van der Waals surface area contributed by atoms with Crippen molar-refractivity contribution in [3.63, 3.8) is 0 Å². The number of aromatic nitrogens is 2. The first kappa shape index (κ1) is 5.70. The molecule has 0 saturated carbocycles. The molecule has 0 amide bonds. The molecule has 0 radical (unpaired) electrons. The van der Waals surface area contributed by atoms with E-state index >= 15 is 0 Å². The van der Waals surface area contributed by atoms with Crippen LogP contribution in [0.2, 0.25) is 0 Å². The maximum absolute atomic E-state index is 12.6. The highest BCUT2D eigenvalue weighted by atomic mass is 19.1. The molecule has 1 aromatic heterocycles. The van der Waals surface area contributed by atoms with Crippen LogP contribution < -0.4 is 0 Å². The summed E-state index contributed by atoms with van der Waals surface area (Å²) in [6, 6.07) is 0. The third-order valence-electron chi connectivity index (χ3n) is 1.86. The average Bonchev–Trinajstić information content (AvgIpc) is 2.39. The van der Waals surface area contributed by atoms with Crippen molar-refractivity contribution in [1.82, 2.24) is 9.94 Å². The quantitative estimate of drug-likeness (QED) is 0.543. The lowest BCUT2D eigenvalue weighted by atomic mass is 10.3. The highest BCUT2D eigenvalue weighted by molar-refractivity contribution is 5.23. The molecule has 0 aliphatic heterocycles. The molecule has 0 bridgehead atoms. The molecule has 1 aliphatic carbocycles. The molecule has 54 valence electrons. The van der Waals surface area contributed by atoms with Gasteiger partial charge in [-0.1, -0.05) is 0 Å². The Morgan fingerprint density at radius 1 is 1.50 bits per heavy atom. The molecule has 0 fully saturated rings. The number of fused-ring (bicyclic) bond motifs is 1. The number of rotatable bonds is 0. The van der Waals surface area contributed by atoms with Crippen molar-refractivity contribution in [3.8, 4) is 0 Å². The van der Waals surface area contributed by atoms with Gasteiger partial charge >= 0.3 is 0 Å². The van der Waals surface area contributed by atoms with Crippen LogP contribution >= 0.6 is 0 Å². The highest BCUT2D eigenvalue weighted by Gasteiger charge is 2.21. The smallest absolute Gasteiger partial charge is 0.239 e. The van der Waals surface area contributed by atoms with E-state index in [0.29, 0.717) is 22.5 Å². The highest BCUT2D eigenvalue weighted by Crippen LogP contribution is 2.22. The van der Waals surface area contributed by atoms with E-state index in [2.05, 4.69) is 5.10 Å². The zero-order valence-electron chi connectivity index (χ0n) is 5.34. The zero-order valence-corrected chi connectivity index (χ0v) is 5.34. The van der Waals surface area contributed by atoms with Crippen molar-refractivity contribution in [2.75, 3.05) is 0 Å². The molecule has 2 rings (SSSR count). The molecule has 0 spiro atoms. The van der Waals surface area contributed by atoms with Crippen molar-refractivity contribution in [2.45, 2.75) is 19.3 Å². The topological polar surface area (TPSA) is 38.0 Å². The minimum absolute atomic E-state index is 0.519. The Balaban J connectivity index is 2.61. The number of hydrogen-bond acceptors (Lipinski definition) is 2. The number of hydrogen-bond donors (Lipinski definition) is 1. The summed E-state index contributed by atoms with van der Waals surface area (Å²) in [5, 5.41) is 12.2. The Hall–Kier alpha value is -1.06. The molecule has 4 heteroatoms. The van der Waals surface area contributed by atoms with Crippen molar-refractivity contribution < 1.29 is 9.60 Å². The lowest BCUT2D eigenvalue weighted by Gasteiger charge is -1.90. The van der Waals surface area contributed by atoms with Crippen LogP contribution in [0.5, 0.6) is 0 Å². The van der Waals surface area contributed by atoms with E-state index in [4.69, 9.17) is 5.21 Å². The van der Waals surface area contributed by atoms with E-state index in [0.717, 1.165) is 12.8 Å². The largest absolute Gasteiger partial charge is 0.411 e. The summed E-state index contributed by atoms with van der Waals surface area (Å²) in [4.78, 5) is 0.650. The minimum atomic E-state index is -0.519. The van der Waals surface area contributed by atoms with Gasteiger partial charge in [0.15, 0.2) is 0 Å². The summed E-state index contributed by atoms with van der Waals surface area (Å²) >= 11 is 0.